The normalized spacial score (nSPS) is 30.4. The lowest BCUT2D eigenvalue weighted by Crippen LogP contribution is -2.22. The smallest absolute Gasteiger partial charge is 0.339 e. The largest absolute Gasteiger partial charge is 0.379 e. The third kappa shape index (κ3) is 4.19. The van der Waals surface area contributed by atoms with Crippen LogP contribution in [-0.2, 0) is 33.1 Å². The number of rotatable bonds is 6. The zero-order valence-electron chi connectivity index (χ0n) is 23.1. The maximum absolute atomic E-state index is 14.7. The average molecular weight is 593 g/mol. The molecule has 6 nitrogen and oxygen atoms in total. The highest BCUT2D eigenvalue weighted by Gasteiger charge is 2.47. The summed E-state index contributed by atoms with van der Waals surface area (Å²) in [6, 6.07) is 13.1. The molecule has 8 rings (SSSR count). The summed E-state index contributed by atoms with van der Waals surface area (Å²) in [6.45, 7) is 0. The van der Waals surface area contributed by atoms with Gasteiger partial charge in [-0.15, -0.1) is 0 Å². The minimum Gasteiger partial charge on any atom is -0.379 e. The lowest BCUT2D eigenvalue weighted by molar-refractivity contribution is 0.400. The van der Waals surface area contributed by atoms with Gasteiger partial charge in [0.2, 0.25) is 0 Å². The van der Waals surface area contributed by atoms with E-state index in [1.165, 1.54) is 37.8 Å². The molecule has 0 amide bonds. The van der Waals surface area contributed by atoms with Gasteiger partial charge in [-0.1, -0.05) is 37.1 Å². The van der Waals surface area contributed by atoms with Crippen LogP contribution in [0.5, 0.6) is 5.75 Å². The van der Waals surface area contributed by atoms with Crippen LogP contribution >= 0.6 is 0 Å². The van der Waals surface area contributed by atoms with Gasteiger partial charge >= 0.3 is 10.1 Å². The molecule has 41 heavy (non-hydrogen) atoms. The lowest BCUT2D eigenvalue weighted by Gasteiger charge is -2.31. The zero-order valence-corrected chi connectivity index (χ0v) is 24.7. The van der Waals surface area contributed by atoms with Crippen LogP contribution in [0.4, 0.5) is 0 Å². The van der Waals surface area contributed by atoms with E-state index in [-0.39, 0.29) is 22.5 Å². The van der Waals surface area contributed by atoms with Crippen LogP contribution in [0, 0.1) is 23.7 Å². The predicted octanol–water partition coefficient (Wildman–Crippen LogP) is 7.15. The third-order valence-corrected chi connectivity index (χ3v) is 13.5. The van der Waals surface area contributed by atoms with Gasteiger partial charge in [0.05, 0.1) is 4.90 Å². The molecule has 5 aliphatic rings. The Labute approximate surface area is 242 Å². The highest BCUT2D eigenvalue weighted by Crippen LogP contribution is 2.59. The first-order valence-electron chi connectivity index (χ1n) is 15.3. The fourth-order valence-corrected chi connectivity index (χ4v) is 11.9. The Kier molecular flexibility index (Phi) is 5.94. The second-order valence-electron chi connectivity index (χ2n) is 13.4. The van der Waals surface area contributed by atoms with E-state index in [0.717, 1.165) is 47.6 Å². The summed E-state index contributed by atoms with van der Waals surface area (Å²) >= 11 is 0. The van der Waals surface area contributed by atoms with E-state index in [1.807, 2.05) is 12.1 Å². The van der Waals surface area contributed by atoms with E-state index in [2.05, 4.69) is 18.2 Å². The van der Waals surface area contributed by atoms with Gasteiger partial charge in [0.1, 0.15) is 10.6 Å². The van der Waals surface area contributed by atoms with Crippen LogP contribution in [0.2, 0.25) is 0 Å². The Balaban J connectivity index is 1.33. The van der Waals surface area contributed by atoms with Crippen molar-refractivity contribution in [2.75, 3.05) is 0 Å². The summed E-state index contributed by atoms with van der Waals surface area (Å²) in [4.78, 5) is 0.239. The van der Waals surface area contributed by atoms with Crippen molar-refractivity contribution in [2.45, 2.75) is 92.3 Å². The van der Waals surface area contributed by atoms with Crippen LogP contribution < -0.4 is 4.18 Å². The zero-order chi connectivity index (χ0) is 28.1. The molecule has 6 atom stereocenters. The molecule has 3 aromatic rings. The van der Waals surface area contributed by atoms with Gasteiger partial charge in [-0.3, -0.25) is 4.55 Å². The van der Waals surface area contributed by atoms with Gasteiger partial charge in [0.25, 0.3) is 10.1 Å². The molecule has 0 aliphatic heterocycles. The highest BCUT2D eigenvalue weighted by molar-refractivity contribution is 7.87. The van der Waals surface area contributed by atoms with E-state index in [1.54, 1.807) is 0 Å². The number of hydrogen-bond acceptors (Lipinski definition) is 5. The first-order chi connectivity index (χ1) is 19.7. The van der Waals surface area contributed by atoms with E-state index in [4.69, 9.17) is 4.18 Å². The van der Waals surface area contributed by atoms with Crippen molar-refractivity contribution in [1.29, 1.82) is 0 Å². The Morgan fingerprint density at radius 1 is 0.756 bits per heavy atom. The molecular formula is C33H36O6S2. The lowest BCUT2D eigenvalue weighted by atomic mass is 9.77. The number of benzene rings is 3. The topological polar surface area (TPSA) is 97.7 Å². The molecule has 3 aromatic carbocycles. The Morgan fingerprint density at radius 2 is 1.44 bits per heavy atom. The fourth-order valence-electron chi connectivity index (χ4n) is 9.65. The van der Waals surface area contributed by atoms with Crippen LogP contribution in [0.3, 0.4) is 0 Å². The molecule has 8 heteroatoms. The van der Waals surface area contributed by atoms with Gasteiger partial charge in [-0.05, 0) is 139 Å². The van der Waals surface area contributed by atoms with Gasteiger partial charge in [0.15, 0.2) is 0 Å². The standard InChI is InChI=1S/C33H36O6S2/c34-40(35,36)31-13-12-30(25-6-3-7-26(25)31)39-41(37,38)33-29(27-16-19-8-10-22(27)14-19)18-21-4-1-2-5-24(21)32(33)28-17-20-9-11-23(28)15-20/h1-2,4-5,12-13,18-20,22-23,27-28H,3,6-11,14-17H2,(H,34,35,36). The van der Waals surface area contributed by atoms with Crippen LogP contribution in [0.1, 0.15) is 91.9 Å². The predicted molar refractivity (Wildman–Crippen MR) is 156 cm³/mol. The van der Waals surface area contributed by atoms with Crippen molar-refractivity contribution in [3.05, 3.63) is 64.7 Å². The van der Waals surface area contributed by atoms with Crippen LogP contribution in [-0.4, -0.2) is 21.4 Å². The highest BCUT2D eigenvalue weighted by atomic mass is 32.2. The van der Waals surface area contributed by atoms with Crippen molar-refractivity contribution < 1.29 is 25.6 Å². The summed E-state index contributed by atoms with van der Waals surface area (Å²) in [6.07, 6.45) is 10.8. The molecule has 5 aliphatic carbocycles. The van der Waals surface area contributed by atoms with E-state index in [9.17, 15) is 21.4 Å². The molecule has 0 heterocycles. The molecule has 0 radical (unpaired) electrons. The molecule has 0 saturated heterocycles. The Hall–Kier alpha value is -2.42. The average Bonchev–Trinajstić information content (AvgIpc) is 3.78. The van der Waals surface area contributed by atoms with Gasteiger partial charge in [-0.2, -0.15) is 16.8 Å². The maximum Gasteiger partial charge on any atom is 0.339 e. The third-order valence-electron chi connectivity index (χ3n) is 11.2. The van der Waals surface area contributed by atoms with Gasteiger partial charge in [0, 0.05) is 5.56 Å². The van der Waals surface area contributed by atoms with Gasteiger partial charge < -0.3 is 4.18 Å². The minimum atomic E-state index is -4.42. The first-order valence-corrected chi connectivity index (χ1v) is 18.1. The minimum absolute atomic E-state index is 0.147. The second-order valence-corrected chi connectivity index (χ2v) is 16.3. The molecular weight excluding hydrogens is 556 g/mol. The van der Waals surface area contributed by atoms with Crippen molar-refractivity contribution in [2.24, 2.45) is 23.7 Å². The van der Waals surface area contributed by atoms with E-state index < -0.39 is 20.2 Å². The SMILES string of the molecule is O=S(=O)(O)c1ccc(OS(=O)(=O)c2c(C3CC4CCC3C4)cc3ccccc3c2C2CC3CCC2C3)c2c1CCC2. The Bertz CT molecular complexity index is 1790. The first kappa shape index (κ1) is 26.2. The molecule has 216 valence electrons. The molecule has 0 spiro atoms. The van der Waals surface area contributed by atoms with Crippen molar-refractivity contribution in [3.8, 4) is 5.75 Å². The van der Waals surface area contributed by atoms with E-state index in [0.29, 0.717) is 59.0 Å². The molecule has 4 saturated carbocycles. The monoisotopic (exact) mass is 592 g/mol. The maximum atomic E-state index is 14.7. The summed E-state index contributed by atoms with van der Waals surface area (Å²) in [5, 5.41) is 2.13. The van der Waals surface area contributed by atoms with Crippen molar-refractivity contribution in [3.63, 3.8) is 0 Å². The fraction of sp³-hybridized carbons (Fsp3) is 0.515. The number of fused-ring (bicyclic) bond motifs is 6. The van der Waals surface area contributed by atoms with Gasteiger partial charge in [-0.25, -0.2) is 0 Å². The van der Waals surface area contributed by atoms with Crippen molar-refractivity contribution in [1.82, 2.24) is 0 Å². The number of hydrogen-bond donors (Lipinski definition) is 1. The quantitative estimate of drug-likeness (QED) is 0.241. The van der Waals surface area contributed by atoms with Crippen molar-refractivity contribution >= 4 is 31.0 Å². The molecule has 6 unspecified atom stereocenters. The Morgan fingerprint density at radius 3 is 2.10 bits per heavy atom. The molecule has 4 bridgehead atoms. The van der Waals surface area contributed by atoms with E-state index >= 15 is 0 Å². The second kappa shape index (κ2) is 9.29. The summed E-state index contributed by atoms with van der Waals surface area (Å²) in [5.41, 5.74) is 2.94. The summed E-state index contributed by atoms with van der Waals surface area (Å²) < 4.78 is 69.4. The summed E-state index contributed by atoms with van der Waals surface area (Å²) in [7, 11) is -8.67. The molecule has 0 aromatic heterocycles. The molecule has 4 fully saturated rings. The molecule has 1 N–H and O–H groups in total. The summed E-state index contributed by atoms with van der Waals surface area (Å²) in [5.74, 6) is 2.90. The van der Waals surface area contributed by atoms with Crippen LogP contribution in [0.25, 0.3) is 10.8 Å². The van der Waals surface area contributed by atoms with Crippen LogP contribution in [0.15, 0.2) is 52.3 Å².